The number of para-hydroxylation sites is 1. The standard InChI is InChI=1S/C17H19N3O2/c1-3-22-15-10-8-14(9-11-15)12-18-20-17(21)19-16-7-5-4-6-13(16)2/h4-12H,3H2,1-2H3,(H2,19,20,21)/b18-12-. The van der Waals surface area contributed by atoms with Gasteiger partial charge >= 0.3 is 6.03 Å². The first-order valence-electron chi connectivity index (χ1n) is 7.07. The Kier molecular flexibility index (Phi) is 5.54. The van der Waals surface area contributed by atoms with Gasteiger partial charge in [0.1, 0.15) is 5.75 Å². The Balaban J connectivity index is 1.86. The van der Waals surface area contributed by atoms with E-state index in [0.29, 0.717) is 6.61 Å². The number of urea groups is 1. The maximum absolute atomic E-state index is 11.7. The lowest BCUT2D eigenvalue weighted by Crippen LogP contribution is -2.24. The molecule has 0 spiro atoms. The number of aryl methyl sites for hydroxylation is 1. The Hall–Kier alpha value is -2.82. The maximum Gasteiger partial charge on any atom is 0.339 e. The number of benzene rings is 2. The van der Waals surface area contributed by atoms with Gasteiger partial charge in [-0.25, -0.2) is 10.2 Å². The van der Waals surface area contributed by atoms with E-state index in [0.717, 1.165) is 22.6 Å². The molecule has 0 aliphatic heterocycles. The second kappa shape index (κ2) is 7.83. The summed E-state index contributed by atoms with van der Waals surface area (Å²) >= 11 is 0. The van der Waals surface area contributed by atoms with Crippen LogP contribution in [0.15, 0.2) is 53.6 Å². The SMILES string of the molecule is CCOc1ccc(/C=N\NC(=O)Nc2ccccc2C)cc1. The Morgan fingerprint density at radius 1 is 1.18 bits per heavy atom. The van der Waals surface area contributed by atoms with Crippen LogP contribution in [0.1, 0.15) is 18.1 Å². The fourth-order valence-electron chi connectivity index (χ4n) is 1.85. The number of anilines is 1. The predicted molar refractivity (Wildman–Crippen MR) is 88.5 cm³/mol. The van der Waals surface area contributed by atoms with Crippen LogP contribution in [-0.2, 0) is 0 Å². The molecule has 2 amide bonds. The van der Waals surface area contributed by atoms with Crippen LogP contribution < -0.4 is 15.5 Å². The number of hydrogen-bond donors (Lipinski definition) is 2. The highest BCUT2D eigenvalue weighted by atomic mass is 16.5. The van der Waals surface area contributed by atoms with Crippen molar-refractivity contribution in [3.8, 4) is 5.75 Å². The molecular weight excluding hydrogens is 278 g/mol. The van der Waals surface area contributed by atoms with Gasteiger partial charge in [-0.1, -0.05) is 18.2 Å². The van der Waals surface area contributed by atoms with Crippen LogP contribution in [0.3, 0.4) is 0 Å². The summed E-state index contributed by atoms with van der Waals surface area (Å²) in [7, 11) is 0. The third-order valence-corrected chi connectivity index (χ3v) is 2.96. The number of nitrogens with zero attached hydrogens (tertiary/aromatic N) is 1. The van der Waals surface area contributed by atoms with Crippen LogP contribution >= 0.6 is 0 Å². The second-order valence-electron chi connectivity index (χ2n) is 4.64. The van der Waals surface area contributed by atoms with E-state index in [9.17, 15) is 4.79 Å². The highest BCUT2D eigenvalue weighted by Crippen LogP contribution is 2.12. The monoisotopic (exact) mass is 297 g/mol. The lowest BCUT2D eigenvalue weighted by Gasteiger charge is -2.06. The van der Waals surface area contributed by atoms with Gasteiger partial charge in [0.2, 0.25) is 0 Å². The third kappa shape index (κ3) is 4.63. The highest BCUT2D eigenvalue weighted by molar-refractivity contribution is 5.91. The summed E-state index contributed by atoms with van der Waals surface area (Å²) < 4.78 is 5.36. The average molecular weight is 297 g/mol. The van der Waals surface area contributed by atoms with Gasteiger partial charge in [0.25, 0.3) is 0 Å². The quantitative estimate of drug-likeness (QED) is 0.655. The van der Waals surface area contributed by atoms with E-state index in [1.54, 1.807) is 6.21 Å². The Labute approximate surface area is 130 Å². The van der Waals surface area contributed by atoms with E-state index in [1.165, 1.54) is 0 Å². The van der Waals surface area contributed by atoms with Crippen molar-refractivity contribution in [2.24, 2.45) is 5.10 Å². The molecular formula is C17H19N3O2. The lowest BCUT2D eigenvalue weighted by molar-refractivity contribution is 0.252. The van der Waals surface area contributed by atoms with Gasteiger partial charge in [0.05, 0.1) is 12.8 Å². The normalized spacial score (nSPS) is 10.5. The van der Waals surface area contributed by atoms with Crippen molar-refractivity contribution in [2.75, 3.05) is 11.9 Å². The Morgan fingerprint density at radius 3 is 2.59 bits per heavy atom. The molecule has 0 radical (unpaired) electrons. The fourth-order valence-corrected chi connectivity index (χ4v) is 1.85. The smallest absolute Gasteiger partial charge is 0.339 e. The molecule has 0 fully saturated rings. The molecule has 0 bridgehead atoms. The van der Waals surface area contributed by atoms with Crippen molar-refractivity contribution in [2.45, 2.75) is 13.8 Å². The predicted octanol–water partition coefficient (Wildman–Crippen LogP) is 3.55. The van der Waals surface area contributed by atoms with Crippen molar-refractivity contribution in [3.63, 3.8) is 0 Å². The average Bonchev–Trinajstić information content (AvgIpc) is 2.52. The lowest BCUT2D eigenvalue weighted by atomic mass is 10.2. The number of rotatable bonds is 5. The maximum atomic E-state index is 11.7. The molecule has 0 saturated heterocycles. The summed E-state index contributed by atoms with van der Waals surface area (Å²) in [6.07, 6.45) is 1.58. The largest absolute Gasteiger partial charge is 0.494 e. The van der Waals surface area contributed by atoms with Gasteiger partial charge < -0.3 is 10.1 Å². The van der Waals surface area contributed by atoms with Crippen molar-refractivity contribution in [1.29, 1.82) is 0 Å². The molecule has 22 heavy (non-hydrogen) atoms. The van der Waals surface area contributed by atoms with Gasteiger partial charge in [-0.15, -0.1) is 0 Å². The van der Waals surface area contributed by atoms with Crippen LogP contribution in [0, 0.1) is 6.92 Å². The summed E-state index contributed by atoms with van der Waals surface area (Å²) in [4.78, 5) is 11.7. The molecule has 114 valence electrons. The first kappa shape index (κ1) is 15.6. The first-order chi connectivity index (χ1) is 10.7. The minimum absolute atomic E-state index is 0.378. The molecule has 0 aromatic heterocycles. The second-order valence-corrected chi connectivity index (χ2v) is 4.64. The molecule has 0 aliphatic rings. The van der Waals surface area contributed by atoms with E-state index in [1.807, 2.05) is 62.4 Å². The van der Waals surface area contributed by atoms with Gasteiger partial charge in [0.15, 0.2) is 0 Å². The van der Waals surface area contributed by atoms with Crippen LogP contribution in [0.2, 0.25) is 0 Å². The molecule has 2 aromatic carbocycles. The molecule has 2 rings (SSSR count). The number of nitrogens with one attached hydrogen (secondary N) is 2. The molecule has 0 atom stereocenters. The molecule has 0 saturated carbocycles. The molecule has 0 aliphatic carbocycles. The van der Waals surface area contributed by atoms with E-state index >= 15 is 0 Å². The van der Waals surface area contributed by atoms with Crippen molar-refractivity contribution in [3.05, 3.63) is 59.7 Å². The van der Waals surface area contributed by atoms with E-state index in [2.05, 4.69) is 15.8 Å². The first-order valence-corrected chi connectivity index (χ1v) is 7.07. The molecule has 5 nitrogen and oxygen atoms in total. The number of hydrogen-bond acceptors (Lipinski definition) is 3. The van der Waals surface area contributed by atoms with Crippen LogP contribution in [0.5, 0.6) is 5.75 Å². The number of ether oxygens (including phenoxy) is 1. The summed E-state index contributed by atoms with van der Waals surface area (Å²) in [5, 5.41) is 6.65. The van der Waals surface area contributed by atoms with E-state index in [-0.39, 0.29) is 6.03 Å². The van der Waals surface area contributed by atoms with Crippen molar-refractivity contribution >= 4 is 17.9 Å². The van der Waals surface area contributed by atoms with Crippen LogP contribution in [0.25, 0.3) is 0 Å². The molecule has 2 aromatic rings. The number of carbonyl (C=O) groups is 1. The Bertz CT molecular complexity index is 651. The number of carbonyl (C=O) groups excluding carboxylic acids is 1. The summed E-state index contributed by atoms with van der Waals surface area (Å²) in [5.74, 6) is 0.810. The van der Waals surface area contributed by atoms with Gasteiger partial charge in [0, 0.05) is 5.69 Å². The molecule has 2 N–H and O–H groups in total. The highest BCUT2D eigenvalue weighted by Gasteiger charge is 2.01. The number of hydrazone groups is 1. The van der Waals surface area contributed by atoms with Gasteiger partial charge in [-0.05, 0) is 55.3 Å². The van der Waals surface area contributed by atoms with E-state index in [4.69, 9.17) is 4.74 Å². The van der Waals surface area contributed by atoms with Crippen LogP contribution in [0.4, 0.5) is 10.5 Å². The number of amides is 2. The Morgan fingerprint density at radius 2 is 1.91 bits per heavy atom. The molecule has 0 unspecified atom stereocenters. The zero-order valence-corrected chi connectivity index (χ0v) is 12.7. The zero-order valence-electron chi connectivity index (χ0n) is 12.7. The van der Waals surface area contributed by atoms with Gasteiger partial charge in [-0.2, -0.15) is 5.10 Å². The summed E-state index contributed by atoms with van der Waals surface area (Å²) in [5.41, 5.74) is 5.06. The zero-order chi connectivity index (χ0) is 15.8. The molecule has 0 heterocycles. The van der Waals surface area contributed by atoms with Crippen molar-refractivity contribution in [1.82, 2.24) is 5.43 Å². The summed E-state index contributed by atoms with van der Waals surface area (Å²) in [6.45, 7) is 4.50. The van der Waals surface area contributed by atoms with E-state index < -0.39 is 0 Å². The topological polar surface area (TPSA) is 62.7 Å². The molecule has 5 heteroatoms. The van der Waals surface area contributed by atoms with Gasteiger partial charge in [-0.3, -0.25) is 0 Å². The van der Waals surface area contributed by atoms with Crippen LogP contribution in [-0.4, -0.2) is 18.9 Å². The van der Waals surface area contributed by atoms with Crippen molar-refractivity contribution < 1.29 is 9.53 Å². The fraction of sp³-hybridized carbons (Fsp3) is 0.176. The summed E-state index contributed by atoms with van der Waals surface area (Å²) in [6, 6.07) is 14.6. The minimum atomic E-state index is -0.378. The minimum Gasteiger partial charge on any atom is -0.494 e. The third-order valence-electron chi connectivity index (χ3n) is 2.96.